The molecule has 0 spiro atoms. The molecule has 1 aliphatic heterocycles. The van der Waals surface area contributed by atoms with E-state index in [1.165, 1.54) is 5.56 Å². The minimum absolute atomic E-state index is 0. The SMILES string of the molecule is COc1cc(CN2CCN(C)CC2)cc(OC)c1OC.Cl. The van der Waals surface area contributed by atoms with Crippen LogP contribution in [0.1, 0.15) is 5.56 Å². The number of benzene rings is 1. The molecule has 5 nitrogen and oxygen atoms in total. The molecule has 0 atom stereocenters. The number of rotatable bonds is 5. The van der Waals surface area contributed by atoms with E-state index in [0.717, 1.165) is 44.2 Å². The second-order valence-corrected chi connectivity index (χ2v) is 5.11. The maximum atomic E-state index is 5.39. The lowest BCUT2D eigenvalue weighted by Crippen LogP contribution is -2.43. The van der Waals surface area contributed by atoms with E-state index in [9.17, 15) is 0 Å². The van der Waals surface area contributed by atoms with Crippen LogP contribution >= 0.6 is 12.4 Å². The Balaban J connectivity index is 0.00000220. The highest BCUT2D eigenvalue weighted by molar-refractivity contribution is 5.85. The minimum Gasteiger partial charge on any atom is -0.493 e. The molecular formula is C15H25ClN2O3. The molecule has 6 heteroatoms. The van der Waals surface area contributed by atoms with Crippen molar-refractivity contribution in [2.45, 2.75) is 6.54 Å². The van der Waals surface area contributed by atoms with E-state index in [4.69, 9.17) is 14.2 Å². The van der Waals surface area contributed by atoms with Gasteiger partial charge in [0, 0.05) is 32.7 Å². The molecule has 1 aromatic rings. The van der Waals surface area contributed by atoms with E-state index in [1.807, 2.05) is 12.1 Å². The second kappa shape index (κ2) is 8.32. The van der Waals surface area contributed by atoms with Crippen LogP contribution in [0, 0.1) is 0 Å². The van der Waals surface area contributed by atoms with Gasteiger partial charge in [-0.25, -0.2) is 0 Å². The Morgan fingerprint density at radius 2 is 1.43 bits per heavy atom. The summed E-state index contributed by atoms with van der Waals surface area (Å²) in [5, 5.41) is 0. The van der Waals surface area contributed by atoms with E-state index in [2.05, 4.69) is 16.8 Å². The fourth-order valence-electron chi connectivity index (χ4n) is 2.49. The van der Waals surface area contributed by atoms with Crippen LogP contribution in [-0.4, -0.2) is 64.4 Å². The summed E-state index contributed by atoms with van der Waals surface area (Å²) in [7, 11) is 7.09. The van der Waals surface area contributed by atoms with Crippen molar-refractivity contribution in [1.82, 2.24) is 9.80 Å². The molecule has 2 rings (SSSR count). The monoisotopic (exact) mass is 316 g/mol. The summed E-state index contributed by atoms with van der Waals surface area (Å²) in [4.78, 5) is 4.80. The average Bonchev–Trinajstić information content (AvgIpc) is 2.48. The van der Waals surface area contributed by atoms with Gasteiger partial charge in [-0.2, -0.15) is 0 Å². The Bertz CT molecular complexity index is 424. The van der Waals surface area contributed by atoms with Crippen LogP contribution in [0.3, 0.4) is 0 Å². The number of hydrogen-bond donors (Lipinski definition) is 0. The van der Waals surface area contributed by atoms with Crippen LogP contribution in [0.4, 0.5) is 0 Å². The molecule has 0 amide bonds. The van der Waals surface area contributed by atoms with Crippen LogP contribution in [0.5, 0.6) is 17.2 Å². The second-order valence-electron chi connectivity index (χ2n) is 5.11. The van der Waals surface area contributed by atoms with E-state index in [-0.39, 0.29) is 12.4 Å². The van der Waals surface area contributed by atoms with E-state index in [0.29, 0.717) is 5.75 Å². The topological polar surface area (TPSA) is 34.2 Å². The lowest BCUT2D eigenvalue weighted by atomic mass is 10.1. The molecule has 1 aliphatic rings. The highest BCUT2D eigenvalue weighted by atomic mass is 35.5. The average molecular weight is 317 g/mol. The molecule has 0 radical (unpaired) electrons. The van der Waals surface area contributed by atoms with Gasteiger partial charge >= 0.3 is 0 Å². The minimum atomic E-state index is 0. The molecule has 1 heterocycles. The summed E-state index contributed by atoms with van der Waals surface area (Å²) in [6.45, 7) is 5.32. The molecule has 0 unspecified atom stereocenters. The first-order valence-electron chi connectivity index (χ1n) is 6.87. The lowest BCUT2D eigenvalue weighted by molar-refractivity contribution is 0.148. The van der Waals surface area contributed by atoms with Gasteiger partial charge in [0.1, 0.15) is 0 Å². The number of halogens is 1. The zero-order chi connectivity index (χ0) is 14.5. The van der Waals surface area contributed by atoms with Crippen LogP contribution in [0.15, 0.2) is 12.1 Å². The molecule has 120 valence electrons. The molecule has 1 aromatic carbocycles. The van der Waals surface area contributed by atoms with Crippen molar-refractivity contribution >= 4 is 12.4 Å². The maximum Gasteiger partial charge on any atom is 0.203 e. The highest BCUT2D eigenvalue weighted by Gasteiger charge is 2.17. The summed E-state index contributed by atoms with van der Waals surface area (Å²) in [6.07, 6.45) is 0. The summed E-state index contributed by atoms with van der Waals surface area (Å²) < 4.78 is 16.1. The molecular weight excluding hydrogens is 292 g/mol. The quantitative estimate of drug-likeness (QED) is 0.828. The van der Waals surface area contributed by atoms with Crippen molar-refractivity contribution < 1.29 is 14.2 Å². The van der Waals surface area contributed by atoms with Crippen molar-refractivity contribution in [3.63, 3.8) is 0 Å². The van der Waals surface area contributed by atoms with Crippen LogP contribution in [0.25, 0.3) is 0 Å². The highest BCUT2D eigenvalue weighted by Crippen LogP contribution is 2.38. The van der Waals surface area contributed by atoms with Crippen molar-refractivity contribution in [3.8, 4) is 17.2 Å². The van der Waals surface area contributed by atoms with Crippen molar-refractivity contribution in [2.24, 2.45) is 0 Å². The van der Waals surface area contributed by atoms with Gasteiger partial charge in [0.2, 0.25) is 5.75 Å². The molecule has 0 N–H and O–H groups in total. The molecule has 21 heavy (non-hydrogen) atoms. The third-order valence-electron chi connectivity index (χ3n) is 3.73. The Kier molecular flexibility index (Phi) is 7.08. The Morgan fingerprint density at radius 3 is 1.86 bits per heavy atom. The van der Waals surface area contributed by atoms with Gasteiger partial charge in [0.25, 0.3) is 0 Å². The third-order valence-corrected chi connectivity index (χ3v) is 3.73. The van der Waals surface area contributed by atoms with Crippen molar-refractivity contribution in [3.05, 3.63) is 17.7 Å². The summed E-state index contributed by atoms with van der Waals surface area (Å²) in [6, 6.07) is 4.05. The zero-order valence-electron chi connectivity index (χ0n) is 13.2. The van der Waals surface area contributed by atoms with Gasteiger partial charge in [0.15, 0.2) is 11.5 Å². The first-order valence-corrected chi connectivity index (χ1v) is 6.87. The van der Waals surface area contributed by atoms with E-state index in [1.54, 1.807) is 21.3 Å². The predicted molar refractivity (Wildman–Crippen MR) is 86.1 cm³/mol. The number of ether oxygens (including phenoxy) is 3. The summed E-state index contributed by atoms with van der Waals surface area (Å²) >= 11 is 0. The maximum absolute atomic E-state index is 5.39. The fraction of sp³-hybridized carbons (Fsp3) is 0.600. The van der Waals surface area contributed by atoms with Gasteiger partial charge < -0.3 is 19.1 Å². The number of likely N-dealkylation sites (N-methyl/N-ethyl adjacent to an activating group) is 1. The molecule has 0 bridgehead atoms. The van der Waals surface area contributed by atoms with Gasteiger partial charge in [-0.05, 0) is 24.7 Å². The smallest absolute Gasteiger partial charge is 0.203 e. The fourth-order valence-corrected chi connectivity index (χ4v) is 2.49. The van der Waals surface area contributed by atoms with E-state index >= 15 is 0 Å². The Labute approximate surface area is 133 Å². The molecule has 0 aromatic heterocycles. The van der Waals surface area contributed by atoms with Gasteiger partial charge in [-0.1, -0.05) is 0 Å². The Morgan fingerprint density at radius 1 is 0.905 bits per heavy atom. The summed E-state index contributed by atoms with van der Waals surface area (Å²) in [5.41, 5.74) is 1.18. The van der Waals surface area contributed by atoms with E-state index < -0.39 is 0 Å². The molecule has 1 fully saturated rings. The molecule has 0 aliphatic carbocycles. The number of nitrogens with zero attached hydrogens (tertiary/aromatic N) is 2. The lowest BCUT2D eigenvalue weighted by Gasteiger charge is -2.32. The summed E-state index contributed by atoms with van der Waals surface area (Å²) in [5.74, 6) is 2.09. The normalized spacial score (nSPS) is 16.2. The van der Waals surface area contributed by atoms with Gasteiger partial charge in [0.05, 0.1) is 21.3 Å². The van der Waals surface area contributed by atoms with Crippen molar-refractivity contribution in [1.29, 1.82) is 0 Å². The standard InChI is InChI=1S/C15H24N2O3.ClH/c1-16-5-7-17(8-6-16)11-12-9-13(18-2)15(20-4)14(10-12)19-3;/h9-10H,5-8,11H2,1-4H3;1H. The first kappa shape index (κ1) is 17.9. The molecule has 1 saturated heterocycles. The van der Waals surface area contributed by atoms with Crippen molar-refractivity contribution in [2.75, 3.05) is 54.6 Å². The van der Waals surface area contributed by atoms with Crippen LogP contribution < -0.4 is 14.2 Å². The Hall–Kier alpha value is -1.17. The van der Waals surface area contributed by atoms with Gasteiger partial charge in [-0.15, -0.1) is 12.4 Å². The number of methoxy groups -OCH3 is 3. The third kappa shape index (κ3) is 4.40. The zero-order valence-corrected chi connectivity index (χ0v) is 14.0. The first-order chi connectivity index (χ1) is 9.67. The van der Waals surface area contributed by atoms with Crippen LogP contribution in [-0.2, 0) is 6.54 Å². The number of hydrogen-bond acceptors (Lipinski definition) is 5. The predicted octanol–water partition coefficient (Wildman–Crippen LogP) is 1.88. The van der Waals surface area contributed by atoms with Gasteiger partial charge in [-0.3, -0.25) is 4.90 Å². The number of piperazine rings is 1. The molecule has 0 saturated carbocycles. The largest absolute Gasteiger partial charge is 0.493 e. The van der Waals surface area contributed by atoms with Crippen LogP contribution in [0.2, 0.25) is 0 Å².